The van der Waals surface area contributed by atoms with Crippen molar-refractivity contribution in [2.75, 3.05) is 19.6 Å². The molecule has 0 spiro atoms. The normalized spacial score (nSPS) is 27.7. The summed E-state index contributed by atoms with van der Waals surface area (Å²) in [6.07, 6.45) is 1.22. The van der Waals surface area contributed by atoms with Crippen molar-refractivity contribution >= 4 is 5.91 Å². The van der Waals surface area contributed by atoms with Crippen molar-refractivity contribution in [1.82, 2.24) is 10.6 Å². The van der Waals surface area contributed by atoms with Crippen LogP contribution in [0.25, 0.3) is 0 Å². The highest BCUT2D eigenvalue weighted by Gasteiger charge is 2.21. The highest BCUT2D eigenvalue weighted by molar-refractivity contribution is 5.77. The van der Waals surface area contributed by atoms with Crippen LogP contribution in [-0.4, -0.2) is 25.5 Å². The highest BCUT2D eigenvalue weighted by Crippen LogP contribution is 2.17. The van der Waals surface area contributed by atoms with Gasteiger partial charge in [0.05, 0.1) is 0 Å². The lowest BCUT2D eigenvalue weighted by Crippen LogP contribution is -2.43. The maximum absolute atomic E-state index is 11.4. The van der Waals surface area contributed by atoms with Gasteiger partial charge in [-0.25, -0.2) is 0 Å². The predicted molar refractivity (Wildman–Crippen MR) is 58.0 cm³/mol. The van der Waals surface area contributed by atoms with E-state index in [-0.39, 0.29) is 11.8 Å². The molecule has 1 heterocycles. The van der Waals surface area contributed by atoms with Crippen molar-refractivity contribution in [3.63, 3.8) is 0 Å². The maximum Gasteiger partial charge on any atom is 0.222 e. The van der Waals surface area contributed by atoms with Gasteiger partial charge in [0.2, 0.25) is 5.91 Å². The van der Waals surface area contributed by atoms with Crippen molar-refractivity contribution in [3.05, 3.63) is 0 Å². The Morgan fingerprint density at radius 3 is 2.86 bits per heavy atom. The zero-order valence-electron chi connectivity index (χ0n) is 9.47. The van der Waals surface area contributed by atoms with Gasteiger partial charge in [-0.15, -0.1) is 0 Å². The second kappa shape index (κ2) is 5.35. The average molecular weight is 198 g/mol. The number of rotatable bonds is 3. The van der Waals surface area contributed by atoms with E-state index in [1.165, 1.54) is 6.42 Å². The number of piperidine rings is 1. The van der Waals surface area contributed by atoms with E-state index in [0.717, 1.165) is 25.6 Å². The number of amides is 1. The van der Waals surface area contributed by atoms with Crippen LogP contribution in [0, 0.1) is 17.8 Å². The Morgan fingerprint density at radius 1 is 1.57 bits per heavy atom. The molecule has 3 heteroatoms. The van der Waals surface area contributed by atoms with E-state index in [2.05, 4.69) is 17.6 Å². The molecule has 1 saturated heterocycles. The molecule has 1 aliphatic rings. The lowest BCUT2D eigenvalue weighted by Gasteiger charge is -2.29. The number of carbonyl (C=O) groups excluding carboxylic acids is 1. The van der Waals surface area contributed by atoms with Gasteiger partial charge in [-0.1, -0.05) is 20.8 Å². The van der Waals surface area contributed by atoms with Gasteiger partial charge in [-0.2, -0.15) is 0 Å². The first-order valence-corrected chi connectivity index (χ1v) is 5.59. The van der Waals surface area contributed by atoms with Gasteiger partial charge in [0.15, 0.2) is 0 Å². The molecule has 1 fully saturated rings. The first-order valence-electron chi connectivity index (χ1n) is 5.59. The van der Waals surface area contributed by atoms with Gasteiger partial charge in [0.1, 0.15) is 0 Å². The van der Waals surface area contributed by atoms with Crippen LogP contribution in [0.15, 0.2) is 0 Å². The Balaban J connectivity index is 2.26. The third-order valence-electron chi connectivity index (χ3n) is 3.05. The quantitative estimate of drug-likeness (QED) is 0.710. The second-order valence-electron chi connectivity index (χ2n) is 4.63. The van der Waals surface area contributed by atoms with E-state index in [1.54, 1.807) is 0 Å². The Labute approximate surface area is 86.6 Å². The number of hydrogen-bond donors (Lipinski definition) is 2. The maximum atomic E-state index is 11.4. The SMILES string of the molecule is CC(C)C(=O)NCC1CNCCC1C. The van der Waals surface area contributed by atoms with E-state index in [1.807, 2.05) is 13.8 Å². The molecule has 0 bridgehead atoms. The van der Waals surface area contributed by atoms with Gasteiger partial charge in [0.25, 0.3) is 0 Å². The molecule has 0 aliphatic carbocycles. The molecule has 2 N–H and O–H groups in total. The van der Waals surface area contributed by atoms with Crippen LogP contribution in [0.2, 0.25) is 0 Å². The van der Waals surface area contributed by atoms with Crippen LogP contribution in [0.5, 0.6) is 0 Å². The van der Waals surface area contributed by atoms with E-state index in [4.69, 9.17) is 0 Å². The Kier molecular flexibility index (Phi) is 4.39. The number of nitrogens with one attached hydrogen (secondary N) is 2. The minimum Gasteiger partial charge on any atom is -0.356 e. The number of hydrogen-bond acceptors (Lipinski definition) is 2. The lowest BCUT2D eigenvalue weighted by atomic mass is 9.88. The van der Waals surface area contributed by atoms with Crippen LogP contribution in [-0.2, 0) is 4.79 Å². The van der Waals surface area contributed by atoms with Crippen LogP contribution >= 0.6 is 0 Å². The monoisotopic (exact) mass is 198 g/mol. The van der Waals surface area contributed by atoms with Gasteiger partial charge in [-0.3, -0.25) is 4.79 Å². The number of carbonyl (C=O) groups is 1. The predicted octanol–water partition coefficient (Wildman–Crippen LogP) is 1.00. The Bertz CT molecular complexity index is 192. The molecule has 0 radical (unpaired) electrons. The third-order valence-corrected chi connectivity index (χ3v) is 3.05. The van der Waals surface area contributed by atoms with Gasteiger partial charge < -0.3 is 10.6 Å². The van der Waals surface area contributed by atoms with Crippen LogP contribution in [0.3, 0.4) is 0 Å². The first kappa shape index (κ1) is 11.5. The molecule has 2 atom stereocenters. The molecule has 14 heavy (non-hydrogen) atoms. The van der Waals surface area contributed by atoms with Crippen molar-refractivity contribution < 1.29 is 4.79 Å². The molecule has 2 unspecified atom stereocenters. The smallest absolute Gasteiger partial charge is 0.222 e. The molecule has 1 amide bonds. The second-order valence-corrected chi connectivity index (χ2v) is 4.63. The zero-order chi connectivity index (χ0) is 10.6. The molecular weight excluding hydrogens is 176 g/mol. The molecule has 0 saturated carbocycles. The molecule has 3 nitrogen and oxygen atoms in total. The van der Waals surface area contributed by atoms with Crippen LogP contribution in [0.1, 0.15) is 27.2 Å². The molecule has 1 aliphatic heterocycles. The largest absolute Gasteiger partial charge is 0.356 e. The zero-order valence-corrected chi connectivity index (χ0v) is 9.47. The van der Waals surface area contributed by atoms with Crippen molar-refractivity contribution in [1.29, 1.82) is 0 Å². The Morgan fingerprint density at radius 2 is 2.29 bits per heavy atom. The lowest BCUT2D eigenvalue weighted by molar-refractivity contribution is -0.124. The summed E-state index contributed by atoms with van der Waals surface area (Å²) < 4.78 is 0. The van der Waals surface area contributed by atoms with Crippen molar-refractivity contribution in [2.24, 2.45) is 17.8 Å². The molecular formula is C11H22N2O. The van der Waals surface area contributed by atoms with Crippen molar-refractivity contribution in [2.45, 2.75) is 27.2 Å². The van der Waals surface area contributed by atoms with Gasteiger partial charge >= 0.3 is 0 Å². The molecule has 0 aromatic carbocycles. The summed E-state index contributed by atoms with van der Waals surface area (Å²) in [5.41, 5.74) is 0. The molecule has 0 aromatic heterocycles. The van der Waals surface area contributed by atoms with E-state index < -0.39 is 0 Å². The summed E-state index contributed by atoms with van der Waals surface area (Å²) in [7, 11) is 0. The van der Waals surface area contributed by atoms with Gasteiger partial charge in [-0.05, 0) is 31.3 Å². The standard InChI is InChI=1S/C11H22N2O/c1-8(2)11(14)13-7-10-6-12-5-4-9(10)3/h8-10,12H,4-7H2,1-3H3,(H,13,14). The minimum atomic E-state index is 0.0989. The van der Waals surface area contributed by atoms with E-state index in [9.17, 15) is 4.79 Å². The fourth-order valence-corrected chi connectivity index (χ4v) is 1.76. The summed E-state index contributed by atoms with van der Waals surface area (Å²) in [4.78, 5) is 11.4. The molecule has 1 rings (SSSR count). The molecule has 0 aromatic rings. The van der Waals surface area contributed by atoms with Crippen LogP contribution in [0.4, 0.5) is 0 Å². The fraction of sp³-hybridized carbons (Fsp3) is 0.909. The van der Waals surface area contributed by atoms with Crippen molar-refractivity contribution in [3.8, 4) is 0 Å². The molecule has 82 valence electrons. The minimum absolute atomic E-state index is 0.0989. The first-order chi connectivity index (χ1) is 6.61. The summed E-state index contributed by atoms with van der Waals surface area (Å²) in [5, 5.41) is 6.37. The van der Waals surface area contributed by atoms with E-state index >= 15 is 0 Å². The summed E-state index contributed by atoms with van der Waals surface area (Å²) in [5.74, 6) is 1.60. The van der Waals surface area contributed by atoms with Crippen LogP contribution < -0.4 is 10.6 Å². The topological polar surface area (TPSA) is 41.1 Å². The fourth-order valence-electron chi connectivity index (χ4n) is 1.76. The summed E-state index contributed by atoms with van der Waals surface area (Å²) >= 11 is 0. The summed E-state index contributed by atoms with van der Waals surface area (Å²) in [6.45, 7) is 9.11. The Hall–Kier alpha value is -0.570. The third kappa shape index (κ3) is 3.29. The average Bonchev–Trinajstić information content (AvgIpc) is 2.16. The van der Waals surface area contributed by atoms with Gasteiger partial charge in [0, 0.05) is 12.5 Å². The van der Waals surface area contributed by atoms with E-state index in [0.29, 0.717) is 5.92 Å². The summed E-state index contributed by atoms with van der Waals surface area (Å²) in [6, 6.07) is 0. The highest BCUT2D eigenvalue weighted by atomic mass is 16.1.